The van der Waals surface area contributed by atoms with Gasteiger partial charge >= 0.3 is 12.3 Å². The molecule has 0 aliphatic heterocycles. The van der Waals surface area contributed by atoms with Crippen LogP contribution in [0.5, 0.6) is 0 Å². The molecule has 0 radical (unpaired) electrons. The van der Waals surface area contributed by atoms with E-state index in [0.717, 1.165) is 10.2 Å². The topological polar surface area (TPSA) is 29.9 Å². The Hall–Kier alpha value is -0.630. The summed E-state index contributed by atoms with van der Waals surface area (Å²) in [5.41, 5.74) is 1.50. The number of hydrogen-bond donors (Lipinski definition) is 1. The van der Waals surface area contributed by atoms with E-state index in [2.05, 4.69) is 26.3 Å². The molecule has 1 heterocycles. The smallest absolute Gasteiger partial charge is 0.305 e. The minimum absolute atomic E-state index is 0.0593. The Morgan fingerprint density at radius 2 is 2.00 bits per heavy atom. The molecule has 0 bridgehead atoms. The lowest BCUT2D eigenvalue weighted by atomic mass is 10.3. The Morgan fingerprint density at radius 3 is 2.47 bits per heavy atom. The van der Waals surface area contributed by atoms with Crippen LogP contribution < -0.4 is 5.32 Å². The maximum Gasteiger partial charge on any atom is 0.319 e. The molecule has 1 rings (SSSR count). The molecule has 1 N–H and O–H groups in total. The number of aromatic nitrogens is 2. The number of aryl methyl sites for hydroxylation is 2. The second kappa shape index (κ2) is 6.69. The number of nitrogens with zero attached hydrogens (tertiary/aromatic N) is 2. The van der Waals surface area contributed by atoms with Crippen LogP contribution in [0.1, 0.15) is 25.2 Å². The maximum absolute atomic E-state index is 12.8. The van der Waals surface area contributed by atoms with Crippen molar-refractivity contribution < 1.29 is 17.6 Å². The van der Waals surface area contributed by atoms with E-state index >= 15 is 0 Å². The van der Waals surface area contributed by atoms with Crippen LogP contribution in [0.15, 0.2) is 4.47 Å². The quantitative estimate of drug-likeness (QED) is 0.769. The predicted octanol–water partition coefficient (Wildman–Crippen LogP) is 3.22. The van der Waals surface area contributed by atoms with Crippen LogP contribution in [0.25, 0.3) is 0 Å². The molecule has 0 spiro atoms. The zero-order chi connectivity index (χ0) is 14.6. The molecule has 1 aromatic rings. The van der Waals surface area contributed by atoms with Crippen molar-refractivity contribution in [1.29, 1.82) is 0 Å². The van der Waals surface area contributed by atoms with Crippen molar-refractivity contribution in [3.63, 3.8) is 0 Å². The highest BCUT2D eigenvalue weighted by Gasteiger charge is 2.40. The Morgan fingerprint density at radius 1 is 1.37 bits per heavy atom. The van der Waals surface area contributed by atoms with Gasteiger partial charge in [0.25, 0.3) is 0 Å². The molecule has 110 valence electrons. The third-order valence-corrected chi connectivity index (χ3v) is 3.58. The second-order valence-electron chi connectivity index (χ2n) is 4.04. The van der Waals surface area contributed by atoms with Gasteiger partial charge < -0.3 is 5.32 Å². The summed E-state index contributed by atoms with van der Waals surface area (Å²) in [6.45, 7) is 3.38. The first kappa shape index (κ1) is 16.4. The van der Waals surface area contributed by atoms with E-state index in [9.17, 15) is 17.6 Å². The van der Waals surface area contributed by atoms with Gasteiger partial charge in [0.05, 0.1) is 22.4 Å². The van der Waals surface area contributed by atoms with Gasteiger partial charge in [0, 0.05) is 13.1 Å². The molecule has 0 atom stereocenters. The molecule has 0 aromatic carbocycles. The van der Waals surface area contributed by atoms with Gasteiger partial charge in [0.2, 0.25) is 0 Å². The SMILES string of the molecule is CCc1nn(CC)c(CNCC(F)(F)C(F)F)c1Br. The van der Waals surface area contributed by atoms with Gasteiger partial charge in [-0.15, -0.1) is 0 Å². The van der Waals surface area contributed by atoms with Crippen LogP contribution in [-0.2, 0) is 19.5 Å². The number of hydrogen-bond acceptors (Lipinski definition) is 2. The minimum Gasteiger partial charge on any atom is -0.305 e. The standard InChI is InChI=1S/C11H16BrF4N3/c1-3-7-9(12)8(19(4-2)18-7)5-17-6-11(15,16)10(13)14/h10,17H,3-6H2,1-2H3. The van der Waals surface area contributed by atoms with Gasteiger partial charge in [-0.2, -0.15) is 13.9 Å². The summed E-state index contributed by atoms with van der Waals surface area (Å²) in [5.74, 6) is -4.02. The Kier molecular flexibility index (Phi) is 5.79. The van der Waals surface area contributed by atoms with Crippen LogP contribution in [0.3, 0.4) is 0 Å². The number of nitrogens with one attached hydrogen (secondary N) is 1. The first-order chi connectivity index (χ1) is 8.83. The summed E-state index contributed by atoms with van der Waals surface area (Å²) in [4.78, 5) is 0. The van der Waals surface area contributed by atoms with Crippen LogP contribution in [-0.4, -0.2) is 28.7 Å². The van der Waals surface area contributed by atoms with E-state index in [1.54, 1.807) is 4.68 Å². The van der Waals surface area contributed by atoms with E-state index in [1.165, 1.54) is 0 Å². The van der Waals surface area contributed by atoms with Crippen LogP contribution >= 0.6 is 15.9 Å². The van der Waals surface area contributed by atoms with Crippen LogP contribution in [0.2, 0.25) is 0 Å². The number of rotatable bonds is 7. The average molecular weight is 346 g/mol. The molecule has 19 heavy (non-hydrogen) atoms. The lowest BCUT2D eigenvalue weighted by Gasteiger charge is -2.16. The molecule has 0 aliphatic carbocycles. The summed E-state index contributed by atoms with van der Waals surface area (Å²) in [7, 11) is 0. The Balaban J connectivity index is 2.70. The molecule has 0 amide bonds. The van der Waals surface area contributed by atoms with Crippen molar-refractivity contribution in [2.75, 3.05) is 6.54 Å². The first-order valence-corrected chi connectivity index (χ1v) is 6.73. The molecule has 0 saturated carbocycles. The maximum atomic E-state index is 12.8. The van der Waals surface area contributed by atoms with E-state index in [4.69, 9.17) is 0 Å². The van der Waals surface area contributed by atoms with Crippen molar-refractivity contribution in [2.24, 2.45) is 0 Å². The fraction of sp³-hybridized carbons (Fsp3) is 0.727. The normalized spacial score (nSPS) is 12.4. The molecule has 3 nitrogen and oxygen atoms in total. The summed E-state index contributed by atoms with van der Waals surface area (Å²) in [6.07, 6.45) is -2.96. The number of halogens is 5. The highest BCUT2D eigenvalue weighted by molar-refractivity contribution is 9.10. The van der Waals surface area contributed by atoms with Gasteiger partial charge in [0.15, 0.2) is 0 Å². The summed E-state index contributed by atoms with van der Waals surface area (Å²) < 4.78 is 51.9. The van der Waals surface area contributed by atoms with Crippen molar-refractivity contribution in [1.82, 2.24) is 15.1 Å². The van der Waals surface area contributed by atoms with Crippen LogP contribution in [0.4, 0.5) is 17.6 Å². The van der Waals surface area contributed by atoms with Gasteiger partial charge in [-0.05, 0) is 29.3 Å². The van der Waals surface area contributed by atoms with Crippen molar-refractivity contribution in [3.8, 4) is 0 Å². The fourth-order valence-electron chi connectivity index (χ4n) is 1.61. The lowest BCUT2D eigenvalue weighted by Crippen LogP contribution is -2.38. The molecule has 0 fully saturated rings. The monoisotopic (exact) mass is 345 g/mol. The summed E-state index contributed by atoms with van der Waals surface area (Å²) in [5, 5.41) is 6.65. The predicted molar refractivity (Wildman–Crippen MR) is 67.6 cm³/mol. The van der Waals surface area contributed by atoms with E-state index < -0.39 is 18.9 Å². The van der Waals surface area contributed by atoms with Crippen molar-refractivity contribution in [3.05, 3.63) is 15.9 Å². The zero-order valence-corrected chi connectivity index (χ0v) is 12.3. The van der Waals surface area contributed by atoms with E-state index in [-0.39, 0.29) is 6.54 Å². The van der Waals surface area contributed by atoms with Crippen LogP contribution in [0, 0.1) is 0 Å². The molecular formula is C11H16BrF4N3. The summed E-state index contributed by atoms with van der Waals surface area (Å²) >= 11 is 3.35. The molecule has 1 aromatic heterocycles. The van der Waals surface area contributed by atoms with Gasteiger partial charge in [-0.3, -0.25) is 4.68 Å². The molecule has 0 unspecified atom stereocenters. The highest BCUT2D eigenvalue weighted by atomic mass is 79.9. The Labute approximate surface area is 117 Å². The second-order valence-corrected chi connectivity index (χ2v) is 4.83. The highest BCUT2D eigenvalue weighted by Crippen LogP contribution is 2.24. The fourth-order valence-corrected chi connectivity index (χ4v) is 2.32. The molecule has 0 saturated heterocycles. The lowest BCUT2D eigenvalue weighted by molar-refractivity contribution is -0.125. The Bertz CT molecular complexity index is 420. The third-order valence-electron chi connectivity index (χ3n) is 2.67. The largest absolute Gasteiger partial charge is 0.319 e. The van der Waals surface area contributed by atoms with Crippen molar-refractivity contribution in [2.45, 2.75) is 45.7 Å². The van der Waals surface area contributed by atoms with Gasteiger partial charge in [-0.25, -0.2) is 8.78 Å². The van der Waals surface area contributed by atoms with Gasteiger partial charge in [-0.1, -0.05) is 6.92 Å². The number of alkyl halides is 4. The minimum atomic E-state index is -4.02. The molecular weight excluding hydrogens is 330 g/mol. The summed E-state index contributed by atoms with van der Waals surface area (Å²) in [6, 6.07) is 0. The first-order valence-electron chi connectivity index (χ1n) is 5.94. The third kappa shape index (κ3) is 3.92. The van der Waals surface area contributed by atoms with E-state index in [0.29, 0.717) is 18.7 Å². The molecule has 8 heteroatoms. The zero-order valence-electron chi connectivity index (χ0n) is 10.7. The van der Waals surface area contributed by atoms with Gasteiger partial charge in [0.1, 0.15) is 0 Å². The van der Waals surface area contributed by atoms with Crippen molar-refractivity contribution >= 4 is 15.9 Å². The van der Waals surface area contributed by atoms with E-state index in [1.807, 2.05) is 13.8 Å². The average Bonchev–Trinajstić information content (AvgIpc) is 2.66. The molecule has 0 aliphatic rings.